The summed E-state index contributed by atoms with van der Waals surface area (Å²) in [6, 6.07) is 11.6. The smallest absolute Gasteiger partial charge is 0.123 e. The molecule has 0 aliphatic heterocycles. The Morgan fingerprint density at radius 3 is 2.76 bits per heavy atom. The summed E-state index contributed by atoms with van der Waals surface area (Å²) in [4.78, 5) is 0. The number of rotatable bonds is 3. The first kappa shape index (κ1) is 11.7. The molecule has 2 nitrogen and oxygen atoms in total. The monoisotopic (exact) mass is 250 g/mol. The molecule has 0 saturated carbocycles. The lowest BCUT2D eigenvalue weighted by molar-refractivity contribution is 0.626. The van der Waals surface area contributed by atoms with Crippen LogP contribution in [0.1, 0.15) is 5.56 Å². The van der Waals surface area contributed by atoms with Crippen molar-refractivity contribution in [3.63, 3.8) is 0 Å². The number of hydrogen-bond acceptors (Lipinski definition) is 2. The Morgan fingerprint density at radius 1 is 1.18 bits per heavy atom. The maximum Gasteiger partial charge on any atom is 0.123 e. The van der Waals surface area contributed by atoms with Crippen LogP contribution in [0.2, 0.25) is 5.02 Å². The Morgan fingerprint density at radius 2 is 2.00 bits per heavy atom. The number of hydrogen-bond donors (Lipinski definition) is 2. The fourth-order valence-electron chi connectivity index (χ4n) is 1.52. The highest BCUT2D eigenvalue weighted by atomic mass is 35.5. The van der Waals surface area contributed by atoms with E-state index >= 15 is 0 Å². The molecule has 0 aliphatic rings. The van der Waals surface area contributed by atoms with E-state index in [4.69, 9.17) is 17.3 Å². The van der Waals surface area contributed by atoms with Crippen LogP contribution in [0.3, 0.4) is 0 Å². The highest BCUT2D eigenvalue weighted by Gasteiger charge is 2.01. The second-order valence-corrected chi connectivity index (χ2v) is 4.13. The van der Waals surface area contributed by atoms with Crippen LogP contribution < -0.4 is 11.1 Å². The van der Waals surface area contributed by atoms with Gasteiger partial charge in [0.25, 0.3) is 0 Å². The zero-order valence-electron chi connectivity index (χ0n) is 9.08. The Kier molecular flexibility index (Phi) is 3.49. The van der Waals surface area contributed by atoms with Crippen LogP contribution in [-0.4, -0.2) is 0 Å². The molecule has 0 amide bonds. The van der Waals surface area contributed by atoms with Crippen LogP contribution in [0.5, 0.6) is 0 Å². The lowest BCUT2D eigenvalue weighted by Crippen LogP contribution is -2.01. The summed E-state index contributed by atoms with van der Waals surface area (Å²) in [6.45, 7) is 0.501. The Balaban J connectivity index is 2.09. The summed E-state index contributed by atoms with van der Waals surface area (Å²) in [6.07, 6.45) is 0. The topological polar surface area (TPSA) is 38.0 Å². The van der Waals surface area contributed by atoms with Crippen LogP contribution in [0.4, 0.5) is 15.8 Å². The largest absolute Gasteiger partial charge is 0.399 e. The van der Waals surface area contributed by atoms with Crippen molar-refractivity contribution in [1.82, 2.24) is 0 Å². The van der Waals surface area contributed by atoms with Gasteiger partial charge >= 0.3 is 0 Å². The molecule has 2 aromatic rings. The Bertz CT molecular complexity index is 529. The van der Waals surface area contributed by atoms with E-state index in [1.165, 1.54) is 12.1 Å². The normalized spacial score (nSPS) is 10.2. The molecule has 3 N–H and O–H groups in total. The summed E-state index contributed by atoms with van der Waals surface area (Å²) in [7, 11) is 0. The third kappa shape index (κ3) is 3.11. The molecule has 0 fully saturated rings. The average Bonchev–Trinajstić information content (AvgIpc) is 2.30. The predicted molar refractivity (Wildman–Crippen MR) is 69.6 cm³/mol. The van der Waals surface area contributed by atoms with Gasteiger partial charge in [-0.15, -0.1) is 0 Å². The Hall–Kier alpha value is -1.74. The van der Waals surface area contributed by atoms with Crippen molar-refractivity contribution in [2.45, 2.75) is 6.54 Å². The van der Waals surface area contributed by atoms with Crippen molar-refractivity contribution in [3.05, 3.63) is 58.9 Å². The minimum absolute atomic E-state index is 0.247. The van der Waals surface area contributed by atoms with Gasteiger partial charge in [-0.1, -0.05) is 23.7 Å². The van der Waals surface area contributed by atoms with Crippen molar-refractivity contribution < 1.29 is 4.39 Å². The maximum atomic E-state index is 13.0. The van der Waals surface area contributed by atoms with E-state index in [1.807, 2.05) is 6.07 Å². The van der Waals surface area contributed by atoms with Crippen LogP contribution >= 0.6 is 11.6 Å². The summed E-state index contributed by atoms with van der Waals surface area (Å²) < 4.78 is 13.0. The molecule has 0 aliphatic carbocycles. The van der Waals surface area contributed by atoms with Crippen molar-refractivity contribution in [2.24, 2.45) is 0 Å². The molecule has 0 unspecified atom stereocenters. The molecule has 0 saturated heterocycles. The first-order chi connectivity index (χ1) is 8.15. The number of nitrogen functional groups attached to an aromatic ring is 1. The van der Waals surface area contributed by atoms with Crippen molar-refractivity contribution in [1.29, 1.82) is 0 Å². The molecule has 88 valence electrons. The molecule has 17 heavy (non-hydrogen) atoms. The van der Waals surface area contributed by atoms with Gasteiger partial charge in [0.2, 0.25) is 0 Å². The first-order valence-corrected chi connectivity index (χ1v) is 5.56. The van der Waals surface area contributed by atoms with Crippen LogP contribution in [0, 0.1) is 5.82 Å². The SMILES string of the molecule is Nc1ccc(Cl)c(NCc2cccc(F)c2)c1. The molecular weight excluding hydrogens is 239 g/mol. The minimum Gasteiger partial charge on any atom is -0.399 e. The first-order valence-electron chi connectivity index (χ1n) is 5.18. The zero-order chi connectivity index (χ0) is 12.3. The van der Waals surface area contributed by atoms with Crippen molar-refractivity contribution in [2.75, 3.05) is 11.1 Å². The van der Waals surface area contributed by atoms with Crippen LogP contribution in [0.25, 0.3) is 0 Å². The van der Waals surface area contributed by atoms with Crippen molar-refractivity contribution >= 4 is 23.0 Å². The summed E-state index contributed by atoms with van der Waals surface area (Å²) in [5.74, 6) is -0.247. The van der Waals surface area contributed by atoms with Gasteiger partial charge in [-0.25, -0.2) is 4.39 Å². The van der Waals surface area contributed by atoms with E-state index in [-0.39, 0.29) is 5.82 Å². The van der Waals surface area contributed by atoms with Crippen LogP contribution in [0.15, 0.2) is 42.5 Å². The molecule has 2 rings (SSSR count). The average molecular weight is 251 g/mol. The van der Waals surface area contributed by atoms with Gasteiger partial charge in [-0.2, -0.15) is 0 Å². The number of halogens is 2. The molecule has 0 bridgehead atoms. The molecular formula is C13H12ClFN2. The van der Waals surface area contributed by atoms with Gasteiger partial charge in [0.1, 0.15) is 5.82 Å². The maximum absolute atomic E-state index is 13.0. The molecule has 4 heteroatoms. The van der Waals surface area contributed by atoms with E-state index in [0.29, 0.717) is 17.3 Å². The number of benzene rings is 2. The summed E-state index contributed by atoms with van der Waals surface area (Å²) in [5, 5.41) is 3.71. The van der Waals surface area contributed by atoms with Crippen molar-refractivity contribution in [3.8, 4) is 0 Å². The molecule has 0 heterocycles. The van der Waals surface area contributed by atoms with Gasteiger partial charge in [-0.3, -0.25) is 0 Å². The standard InChI is InChI=1S/C13H12ClFN2/c14-12-5-4-11(16)7-13(12)17-8-9-2-1-3-10(15)6-9/h1-7,17H,8,16H2. The van der Waals surface area contributed by atoms with Gasteiger partial charge < -0.3 is 11.1 Å². The fraction of sp³-hybridized carbons (Fsp3) is 0.0769. The van der Waals surface area contributed by atoms with Gasteiger partial charge in [0.15, 0.2) is 0 Å². The minimum atomic E-state index is -0.247. The van der Waals surface area contributed by atoms with Gasteiger partial charge in [-0.05, 0) is 35.9 Å². The third-order valence-electron chi connectivity index (χ3n) is 2.36. The fourth-order valence-corrected chi connectivity index (χ4v) is 1.71. The molecule has 0 aromatic heterocycles. The summed E-state index contributed by atoms with van der Waals surface area (Å²) >= 11 is 6.00. The third-order valence-corrected chi connectivity index (χ3v) is 2.69. The Labute approximate surface area is 104 Å². The molecule has 0 spiro atoms. The predicted octanol–water partition coefficient (Wildman–Crippen LogP) is 3.67. The second kappa shape index (κ2) is 5.06. The highest BCUT2D eigenvalue weighted by Crippen LogP contribution is 2.24. The molecule has 0 radical (unpaired) electrons. The zero-order valence-corrected chi connectivity index (χ0v) is 9.84. The van der Waals surface area contributed by atoms with Gasteiger partial charge in [0, 0.05) is 12.2 Å². The van der Waals surface area contributed by atoms with E-state index in [9.17, 15) is 4.39 Å². The second-order valence-electron chi connectivity index (χ2n) is 3.72. The molecule has 0 atom stereocenters. The number of anilines is 2. The van der Waals surface area contributed by atoms with E-state index in [2.05, 4.69) is 5.32 Å². The van der Waals surface area contributed by atoms with Gasteiger partial charge in [0.05, 0.1) is 10.7 Å². The van der Waals surface area contributed by atoms with Crippen LogP contribution in [-0.2, 0) is 6.54 Å². The highest BCUT2D eigenvalue weighted by molar-refractivity contribution is 6.33. The quantitative estimate of drug-likeness (QED) is 0.816. The molecule has 2 aromatic carbocycles. The summed E-state index contributed by atoms with van der Waals surface area (Å²) in [5.41, 5.74) is 7.89. The lowest BCUT2D eigenvalue weighted by Gasteiger charge is -2.09. The van der Waals surface area contributed by atoms with E-state index in [0.717, 1.165) is 11.3 Å². The lowest BCUT2D eigenvalue weighted by atomic mass is 10.2. The van der Waals surface area contributed by atoms with E-state index in [1.54, 1.807) is 24.3 Å². The number of nitrogens with one attached hydrogen (secondary N) is 1. The van der Waals surface area contributed by atoms with E-state index < -0.39 is 0 Å². The number of nitrogens with two attached hydrogens (primary N) is 1.